The van der Waals surface area contributed by atoms with Gasteiger partial charge in [-0.25, -0.2) is 8.42 Å². The Hall–Kier alpha value is -2.90. The van der Waals surface area contributed by atoms with Crippen molar-refractivity contribution in [1.29, 1.82) is 0 Å². The fourth-order valence-electron chi connectivity index (χ4n) is 3.93. The summed E-state index contributed by atoms with van der Waals surface area (Å²) in [4.78, 5) is 12.9. The van der Waals surface area contributed by atoms with Gasteiger partial charge in [0.1, 0.15) is 5.75 Å². The van der Waals surface area contributed by atoms with Crippen molar-refractivity contribution < 1.29 is 17.9 Å². The molecule has 168 valence electrons. The zero-order valence-corrected chi connectivity index (χ0v) is 19.0. The molecule has 0 saturated carbocycles. The second-order valence-electron chi connectivity index (χ2n) is 8.07. The molecular weight excluding hydrogens is 424 g/mol. The summed E-state index contributed by atoms with van der Waals surface area (Å²) >= 11 is 0. The summed E-state index contributed by atoms with van der Waals surface area (Å²) < 4.78 is 33.3. The maximum Gasteiger partial charge on any atom is 0.265 e. The number of amides is 1. The molecule has 1 unspecified atom stereocenters. The fourth-order valence-corrected chi connectivity index (χ4v) is 5.44. The predicted molar refractivity (Wildman–Crippen MR) is 126 cm³/mol. The van der Waals surface area contributed by atoms with Gasteiger partial charge in [0.2, 0.25) is 10.0 Å². The van der Waals surface area contributed by atoms with E-state index in [9.17, 15) is 13.2 Å². The Morgan fingerprint density at radius 3 is 2.28 bits per heavy atom. The number of hydrogen-bond donors (Lipinski definition) is 1. The third-order valence-corrected chi connectivity index (χ3v) is 7.66. The molecule has 0 bridgehead atoms. The number of anilines is 1. The van der Waals surface area contributed by atoms with Gasteiger partial charge in [-0.3, -0.25) is 4.79 Å². The summed E-state index contributed by atoms with van der Waals surface area (Å²) in [5.74, 6) is 0.339. The minimum atomic E-state index is -3.51. The smallest absolute Gasteiger partial charge is 0.265 e. The molecule has 3 aromatic rings. The van der Waals surface area contributed by atoms with Crippen LogP contribution < -0.4 is 10.1 Å². The number of hydrogen-bond acceptors (Lipinski definition) is 4. The van der Waals surface area contributed by atoms with E-state index >= 15 is 0 Å². The second kappa shape index (κ2) is 9.71. The summed E-state index contributed by atoms with van der Waals surface area (Å²) in [5.41, 5.74) is 0.526. The van der Waals surface area contributed by atoms with Crippen molar-refractivity contribution in [2.45, 2.75) is 43.6 Å². The fraction of sp³-hybridized carbons (Fsp3) is 0.320. The number of rotatable bonds is 6. The molecule has 1 atom stereocenters. The SMILES string of the molecule is CC(Oc1cccc2ccccc12)C(=O)Nc1ccc(S(=O)(=O)N2CCCCCC2)cc1. The van der Waals surface area contributed by atoms with Crippen LogP contribution in [0, 0.1) is 0 Å². The van der Waals surface area contributed by atoms with E-state index in [2.05, 4.69) is 5.32 Å². The van der Waals surface area contributed by atoms with Gasteiger partial charge in [0.25, 0.3) is 5.91 Å². The van der Waals surface area contributed by atoms with Crippen LogP contribution in [-0.2, 0) is 14.8 Å². The number of sulfonamides is 1. The highest BCUT2D eigenvalue weighted by molar-refractivity contribution is 7.89. The van der Waals surface area contributed by atoms with Crippen LogP contribution >= 0.6 is 0 Å². The lowest BCUT2D eigenvalue weighted by Crippen LogP contribution is -2.32. The van der Waals surface area contributed by atoms with Crippen molar-refractivity contribution in [1.82, 2.24) is 4.31 Å². The number of nitrogens with one attached hydrogen (secondary N) is 1. The zero-order chi connectivity index (χ0) is 22.6. The highest BCUT2D eigenvalue weighted by Gasteiger charge is 2.25. The van der Waals surface area contributed by atoms with Gasteiger partial charge in [-0.2, -0.15) is 4.31 Å². The molecule has 1 fully saturated rings. The predicted octanol–water partition coefficient (Wildman–Crippen LogP) is 4.81. The lowest BCUT2D eigenvalue weighted by atomic mass is 10.1. The second-order valence-corrected chi connectivity index (χ2v) is 10.0. The first-order chi connectivity index (χ1) is 15.4. The summed E-state index contributed by atoms with van der Waals surface area (Å²) in [7, 11) is -3.51. The van der Waals surface area contributed by atoms with Gasteiger partial charge in [0.15, 0.2) is 6.10 Å². The van der Waals surface area contributed by atoms with Crippen LogP contribution in [0.2, 0.25) is 0 Å². The molecule has 0 aliphatic carbocycles. The van der Waals surface area contributed by atoms with Crippen molar-refractivity contribution in [2.75, 3.05) is 18.4 Å². The average molecular weight is 453 g/mol. The van der Waals surface area contributed by atoms with E-state index in [4.69, 9.17) is 4.74 Å². The van der Waals surface area contributed by atoms with Gasteiger partial charge in [-0.05, 0) is 55.5 Å². The Kier molecular flexibility index (Phi) is 6.77. The third kappa shape index (κ3) is 4.95. The van der Waals surface area contributed by atoms with E-state index in [0.29, 0.717) is 24.5 Å². The number of nitrogens with zero attached hydrogens (tertiary/aromatic N) is 1. The summed E-state index contributed by atoms with van der Waals surface area (Å²) in [5, 5.41) is 4.79. The Balaban J connectivity index is 1.42. The lowest BCUT2D eigenvalue weighted by molar-refractivity contribution is -0.122. The first kappa shape index (κ1) is 22.3. The van der Waals surface area contributed by atoms with E-state index in [-0.39, 0.29) is 10.8 Å². The molecule has 1 saturated heterocycles. The summed E-state index contributed by atoms with van der Waals surface area (Å²) in [6, 6.07) is 19.9. The molecule has 6 nitrogen and oxygen atoms in total. The largest absolute Gasteiger partial charge is 0.480 e. The minimum absolute atomic E-state index is 0.248. The Bertz CT molecular complexity index is 1180. The molecule has 3 aromatic carbocycles. The summed E-state index contributed by atoms with van der Waals surface area (Å²) in [6.45, 7) is 2.81. The van der Waals surface area contributed by atoms with Crippen molar-refractivity contribution in [3.8, 4) is 5.75 Å². The maximum absolute atomic E-state index is 12.9. The van der Waals surface area contributed by atoms with Crippen LogP contribution in [0.1, 0.15) is 32.6 Å². The first-order valence-corrected chi connectivity index (χ1v) is 12.4. The highest BCUT2D eigenvalue weighted by Crippen LogP contribution is 2.26. The number of carbonyl (C=O) groups is 1. The number of fused-ring (bicyclic) bond motifs is 1. The van der Waals surface area contributed by atoms with Gasteiger partial charge in [-0.1, -0.05) is 49.2 Å². The lowest BCUT2D eigenvalue weighted by Gasteiger charge is -2.20. The van der Waals surface area contributed by atoms with Gasteiger partial charge in [-0.15, -0.1) is 0 Å². The van der Waals surface area contributed by atoms with E-state index in [1.165, 1.54) is 0 Å². The van der Waals surface area contributed by atoms with Gasteiger partial charge in [0, 0.05) is 24.2 Å². The topological polar surface area (TPSA) is 75.7 Å². The molecule has 1 heterocycles. The van der Waals surface area contributed by atoms with Gasteiger partial charge in [0.05, 0.1) is 4.90 Å². The molecule has 1 N–H and O–H groups in total. The monoisotopic (exact) mass is 452 g/mol. The molecule has 0 spiro atoms. The molecule has 32 heavy (non-hydrogen) atoms. The maximum atomic E-state index is 12.9. The molecule has 0 radical (unpaired) electrons. The average Bonchev–Trinajstić information content (AvgIpc) is 3.10. The highest BCUT2D eigenvalue weighted by atomic mass is 32.2. The van der Waals surface area contributed by atoms with Crippen LogP contribution in [0.5, 0.6) is 5.75 Å². The van der Waals surface area contributed by atoms with Crippen LogP contribution in [0.15, 0.2) is 71.6 Å². The van der Waals surface area contributed by atoms with Crippen LogP contribution in [-0.4, -0.2) is 37.8 Å². The van der Waals surface area contributed by atoms with Crippen LogP contribution in [0.3, 0.4) is 0 Å². The standard InChI is InChI=1S/C25H28N2O4S/c1-19(31-24-12-8-10-20-9-4-5-11-23(20)24)25(28)26-21-13-15-22(16-14-21)32(29,30)27-17-6-2-3-7-18-27/h4-5,8-16,19H,2-3,6-7,17-18H2,1H3,(H,26,28). The molecular formula is C25H28N2O4S. The number of benzene rings is 3. The quantitative estimate of drug-likeness (QED) is 0.582. The van der Waals surface area contributed by atoms with E-state index in [1.54, 1.807) is 35.5 Å². The van der Waals surface area contributed by atoms with Crippen LogP contribution in [0.4, 0.5) is 5.69 Å². The Labute approximate surface area is 189 Å². The van der Waals surface area contributed by atoms with E-state index in [0.717, 1.165) is 36.5 Å². The Morgan fingerprint density at radius 1 is 0.906 bits per heavy atom. The number of carbonyl (C=O) groups excluding carboxylic acids is 1. The molecule has 7 heteroatoms. The molecule has 1 aliphatic rings. The molecule has 4 rings (SSSR count). The van der Waals surface area contributed by atoms with Crippen LogP contribution in [0.25, 0.3) is 10.8 Å². The van der Waals surface area contributed by atoms with Gasteiger partial charge >= 0.3 is 0 Å². The molecule has 0 aromatic heterocycles. The number of ether oxygens (including phenoxy) is 1. The first-order valence-electron chi connectivity index (χ1n) is 11.0. The normalized spacial score (nSPS) is 16.3. The van der Waals surface area contributed by atoms with Crippen molar-refractivity contribution >= 4 is 32.4 Å². The minimum Gasteiger partial charge on any atom is -0.480 e. The third-order valence-electron chi connectivity index (χ3n) is 5.75. The van der Waals surface area contributed by atoms with Crippen molar-refractivity contribution in [3.05, 3.63) is 66.7 Å². The van der Waals surface area contributed by atoms with E-state index < -0.39 is 16.1 Å². The van der Waals surface area contributed by atoms with Crippen molar-refractivity contribution in [2.24, 2.45) is 0 Å². The summed E-state index contributed by atoms with van der Waals surface area (Å²) in [6.07, 6.45) is 3.19. The molecule has 1 amide bonds. The zero-order valence-electron chi connectivity index (χ0n) is 18.2. The van der Waals surface area contributed by atoms with Gasteiger partial charge < -0.3 is 10.1 Å². The van der Waals surface area contributed by atoms with E-state index in [1.807, 2.05) is 42.5 Å². The van der Waals surface area contributed by atoms with Crippen molar-refractivity contribution in [3.63, 3.8) is 0 Å². The molecule has 1 aliphatic heterocycles. The Morgan fingerprint density at radius 2 is 1.56 bits per heavy atom.